The van der Waals surface area contributed by atoms with Gasteiger partial charge in [0.1, 0.15) is 0 Å². The van der Waals surface area contributed by atoms with Gasteiger partial charge in [-0.15, -0.1) is 0 Å². The van der Waals surface area contributed by atoms with Crippen LogP contribution in [0.15, 0.2) is 30.6 Å². The quantitative estimate of drug-likeness (QED) is 0.744. The Kier molecular flexibility index (Phi) is 2.93. The second-order valence-corrected chi connectivity index (χ2v) is 6.29. The Labute approximate surface area is 124 Å². The molecule has 0 radical (unpaired) electrons. The van der Waals surface area contributed by atoms with Gasteiger partial charge in [0, 0.05) is 12.6 Å². The number of fused-ring (bicyclic) bond motifs is 1. The highest BCUT2D eigenvalue weighted by atomic mass is 15.1. The van der Waals surface area contributed by atoms with Crippen LogP contribution in [-0.2, 0) is 12.5 Å². The first-order valence-corrected chi connectivity index (χ1v) is 6.92. The fraction of sp³-hybridized carbons (Fsp3) is 0.312. The standard InChI is InChI=1S/C16H19N5/c1-16(2,3)11-7-5-10(6-8-11)14-19-12-13(17)18-9-21(4)15(12)20-14/h5-9H,17H2,1-4H3. The zero-order valence-electron chi connectivity index (χ0n) is 12.8. The summed E-state index contributed by atoms with van der Waals surface area (Å²) in [5.41, 5.74) is 8.93. The summed E-state index contributed by atoms with van der Waals surface area (Å²) in [6.45, 7) is 6.59. The molecule has 0 aromatic heterocycles. The zero-order chi connectivity index (χ0) is 15.2. The molecule has 2 aliphatic rings. The predicted octanol–water partition coefficient (Wildman–Crippen LogP) is 2.86. The predicted molar refractivity (Wildman–Crippen MR) is 84.0 cm³/mol. The second-order valence-electron chi connectivity index (χ2n) is 6.29. The molecule has 108 valence electrons. The van der Waals surface area contributed by atoms with E-state index in [0.717, 1.165) is 11.4 Å². The molecule has 21 heavy (non-hydrogen) atoms. The summed E-state index contributed by atoms with van der Waals surface area (Å²) in [4.78, 5) is 13.2. The Morgan fingerprint density at radius 2 is 1.71 bits per heavy atom. The molecule has 1 aromatic rings. The molecule has 1 aromatic carbocycles. The Morgan fingerprint density at radius 1 is 1.05 bits per heavy atom. The smallest absolute Gasteiger partial charge is 0.165 e. The zero-order valence-corrected chi connectivity index (χ0v) is 12.8. The minimum atomic E-state index is 0.136. The number of nitrogens with zero attached hydrogens (tertiary/aromatic N) is 4. The van der Waals surface area contributed by atoms with Crippen molar-refractivity contribution in [3.8, 4) is 22.9 Å². The van der Waals surface area contributed by atoms with E-state index >= 15 is 0 Å². The van der Waals surface area contributed by atoms with E-state index < -0.39 is 0 Å². The van der Waals surface area contributed by atoms with Crippen molar-refractivity contribution in [3.05, 3.63) is 36.2 Å². The summed E-state index contributed by atoms with van der Waals surface area (Å²) >= 11 is 0. The molecule has 0 aliphatic carbocycles. The van der Waals surface area contributed by atoms with Gasteiger partial charge < -0.3 is 10.3 Å². The monoisotopic (exact) mass is 281 g/mol. The number of hydrogen-bond acceptors (Lipinski definition) is 4. The van der Waals surface area contributed by atoms with Crippen LogP contribution >= 0.6 is 0 Å². The van der Waals surface area contributed by atoms with Crippen LogP contribution in [-0.4, -0.2) is 19.5 Å². The molecule has 2 aliphatic heterocycles. The largest absolute Gasteiger partial charge is 0.382 e. The van der Waals surface area contributed by atoms with Crippen molar-refractivity contribution in [1.29, 1.82) is 0 Å². The normalized spacial score (nSPS) is 12.0. The lowest BCUT2D eigenvalue weighted by Gasteiger charge is -2.18. The first-order valence-electron chi connectivity index (χ1n) is 6.92. The first-order chi connectivity index (χ1) is 9.86. The van der Waals surface area contributed by atoms with Crippen LogP contribution in [0.1, 0.15) is 26.3 Å². The highest BCUT2D eigenvalue weighted by molar-refractivity contribution is 5.71. The molecule has 5 nitrogen and oxygen atoms in total. The minimum absolute atomic E-state index is 0.136. The second kappa shape index (κ2) is 4.55. The summed E-state index contributed by atoms with van der Waals surface area (Å²) in [6.07, 6.45) is 1.65. The van der Waals surface area contributed by atoms with Crippen LogP contribution < -0.4 is 5.73 Å². The maximum atomic E-state index is 5.87. The molecule has 5 heteroatoms. The lowest BCUT2D eigenvalue weighted by Crippen LogP contribution is -2.10. The summed E-state index contributed by atoms with van der Waals surface area (Å²) in [7, 11) is 1.88. The molecule has 0 unspecified atom stereocenters. The molecule has 0 bridgehead atoms. The van der Waals surface area contributed by atoms with Crippen LogP contribution in [0.2, 0.25) is 0 Å². The van der Waals surface area contributed by atoms with Crippen molar-refractivity contribution in [2.45, 2.75) is 26.2 Å². The molecular weight excluding hydrogens is 262 g/mol. The van der Waals surface area contributed by atoms with E-state index in [4.69, 9.17) is 5.73 Å². The molecule has 0 saturated heterocycles. The van der Waals surface area contributed by atoms with Gasteiger partial charge in [-0.25, -0.2) is 15.0 Å². The Balaban J connectivity index is 2.07. The fourth-order valence-corrected chi connectivity index (χ4v) is 2.26. The number of aryl methyl sites for hydroxylation is 1. The summed E-state index contributed by atoms with van der Waals surface area (Å²) in [5, 5.41) is 0. The Hall–Kier alpha value is -2.43. The number of hydrogen-bond donors (Lipinski definition) is 1. The molecule has 2 heterocycles. The van der Waals surface area contributed by atoms with E-state index in [-0.39, 0.29) is 5.41 Å². The van der Waals surface area contributed by atoms with Gasteiger partial charge in [0.2, 0.25) is 0 Å². The average molecular weight is 281 g/mol. The van der Waals surface area contributed by atoms with E-state index in [0.29, 0.717) is 17.3 Å². The molecule has 2 N–H and O–H groups in total. The van der Waals surface area contributed by atoms with E-state index in [1.54, 1.807) is 6.33 Å². The number of benzene rings is 1. The van der Waals surface area contributed by atoms with Gasteiger partial charge in [0.15, 0.2) is 23.2 Å². The topological polar surface area (TPSA) is 69.6 Å². The lowest BCUT2D eigenvalue weighted by molar-refractivity contribution is 0.590. The molecule has 0 atom stereocenters. The van der Waals surface area contributed by atoms with Crippen molar-refractivity contribution in [2.24, 2.45) is 7.05 Å². The summed E-state index contributed by atoms with van der Waals surface area (Å²) < 4.78 is 1.83. The number of nitrogen functional groups attached to an aromatic ring is 1. The van der Waals surface area contributed by atoms with Crippen molar-refractivity contribution in [1.82, 2.24) is 19.5 Å². The van der Waals surface area contributed by atoms with Crippen molar-refractivity contribution in [3.63, 3.8) is 0 Å². The van der Waals surface area contributed by atoms with Gasteiger partial charge in [0.25, 0.3) is 0 Å². The summed E-state index contributed by atoms with van der Waals surface area (Å²) in [6, 6.07) is 8.35. The highest BCUT2D eigenvalue weighted by Crippen LogP contribution is 2.29. The maximum Gasteiger partial charge on any atom is 0.165 e. The number of nitrogens with two attached hydrogens (primary N) is 1. The minimum Gasteiger partial charge on any atom is -0.382 e. The van der Waals surface area contributed by atoms with Crippen molar-refractivity contribution in [2.75, 3.05) is 5.73 Å². The SMILES string of the molecule is Cn1cnc(N)c2nc(-c3ccc(C(C)(C)C)cc3)nc1-2. The average Bonchev–Trinajstić information content (AvgIpc) is 2.89. The van der Waals surface area contributed by atoms with Crippen LogP contribution in [0.3, 0.4) is 0 Å². The molecule has 0 saturated carbocycles. The molecular formula is C16H19N5. The molecule has 0 amide bonds. The third kappa shape index (κ3) is 2.35. The molecule has 3 rings (SSSR count). The lowest BCUT2D eigenvalue weighted by atomic mass is 9.87. The van der Waals surface area contributed by atoms with Gasteiger partial charge in [-0.05, 0) is 11.0 Å². The van der Waals surface area contributed by atoms with Gasteiger partial charge in [0.05, 0.1) is 6.33 Å². The van der Waals surface area contributed by atoms with Crippen LogP contribution in [0.5, 0.6) is 0 Å². The molecule has 0 spiro atoms. The van der Waals surface area contributed by atoms with E-state index in [9.17, 15) is 0 Å². The fourth-order valence-electron chi connectivity index (χ4n) is 2.26. The van der Waals surface area contributed by atoms with Crippen molar-refractivity contribution < 1.29 is 0 Å². The van der Waals surface area contributed by atoms with Gasteiger partial charge >= 0.3 is 0 Å². The Bertz CT molecular complexity index is 714. The number of rotatable bonds is 1. The van der Waals surface area contributed by atoms with Crippen LogP contribution in [0.4, 0.5) is 5.82 Å². The number of aromatic nitrogens is 4. The first kappa shape index (κ1) is 13.5. The van der Waals surface area contributed by atoms with Crippen LogP contribution in [0, 0.1) is 0 Å². The van der Waals surface area contributed by atoms with E-state index in [1.807, 2.05) is 11.6 Å². The molecule has 0 fully saturated rings. The van der Waals surface area contributed by atoms with E-state index in [1.165, 1.54) is 5.56 Å². The third-order valence-electron chi connectivity index (χ3n) is 3.60. The van der Waals surface area contributed by atoms with Crippen molar-refractivity contribution >= 4 is 5.82 Å². The maximum absolute atomic E-state index is 5.87. The summed E-state index contributed by atoms with van der Waals surface area (Å²) in [5.74, 6) is 1.84. The highest BCUT2D eigenvalue weighted by Gasteiger charge is 2.19. The van der Waals surface area contributed by atoms with Gasteiger partial charge in [-0.2, -0.15) is 0 Å². The third-order valence-corrected chi connectivity index (χ3v) is 3.60. The number of anilines is 1. The number of imidazole rings is 1. The van der Waals surface area contributed by atoms with Gasteiger partial charge in [-0.3, -0.25) is 0 Å². The van der Waals surface area contributed by atoms with E-state index in [2.05, 4.69) is 60.0 Å². The van der Waals surface area contributed by atoms with Crippen LogP contribution in [0.25, 0.3) is 22.9 Å². The van der Waals surface area contributed by atoms with Gasteiger partial charge in [-0.1, -0.05) is 45.0 Å². The Morgan fingerprint density at radius 3 is 2.29 bits per heavy atom.